The monoisotopic (exact) mass is 311 g/mol. The molecule has 0 aliphatic heterocycles. The molecule has 1 amide bonds. The summed E-state index contributed by atoms with van der Waals surface area (Å²) in [4.78, 5) is 27.7. The third-order valence-electron chi connectivity index (χ3n) is 3.48. The Morgan fingerprint density at radius 2 is 1.96 bits per heavy atom. The van der Waals surface area contributed by atoms with E-state index in [9.17, 15) is 9.59 Å². The number of anilines is 2. The summed E-state index contributed by atoms with van der Waals surface area (Å²) < 4.78 is 4.71. The van der Waals surface area contributed by atoms with Crippen molar-refractivity contribution in [3.05, 3.63) is 53.9 Å². The van der Waals surface area contributed by atoms with Gasteiger partial charge in [-0.15, -0.1) is 0 Å². The second kappa shape index (κ2) is 6.48. The molecule has 6 heteroatoms. The first kappa shape index (κ1) is 15.0. The van der Waals surface area contributed by atoms with Crippen LogP contribution in [0.4, 0.5) is 11.4 Å². The highest BCUT2D eigenvalue weighted by atomic mass is 16.5. The smallest absolute Gasteiger partial charge is 0.337 e. The van der Waals surface area contributed by atoms with E-state index in [1.165, 1.54) is 7.11 Å². The summed E-state index contributed by atoms with van der Waals surface area (Å²) in [7, 11) is 1.34. The topological polar surface area (TPSA) is 80.3 Å². The number of nitrogens with one attached hydrogen (secondary N) is 2. The minimum absolute atomic E-state index is 0.167. The van der Waals surface area contributed by atoms with Crippen molar-refractivity contribution in [1.29, 1.82) is 0 Å². The fourth-order valence-corrected chi connectivity index (χ4v) is 2.13. The van der Waals surface area contributed by atoms with Gasteiger partial charge in [-0.3, -0.25) is 9.78 Å². The molecule has 1 aromatic carbocycles. The van der Waals surface area contributed by atoms with Crippen LogP contribution in [0.25, 0.3) is 0 Å². The van der Waals surface area contributed by atoms with E-state index in [2.05, 4.69) is 15.6 Å². The van der Waals surface area contributed by atoms with E-state index in [0.29, 0.717) is 11.3 Å². The Morgan fingerprint density at radius 1 is 1.17 bits per heavy atom. The maximum Gasteiger partial charge on any atom is 0.337 e. The van der Waals surface area contributed by atoms with Crippen LogP contribution >= 0.6 is 0 Å². The van der Waals surface area contributed by atoms with Crippen LogP contribution in [0.15, 0.2) is 42.6 Å². The first-order valence-corrected chi connectivity index (χ1v) is 7.38. The van der Waals surface area contributed by atoms with Gasteiger partial charge in [0.2, 0.25) is 0 Å². The largest absolute Gasteiger partial charge is 0.465 e. The van der Waals surface area contributed by atoms with Gasteiger partial charge in [-0.25, -0.2) is 4.79 Å². The Balaban J connectivity index is 1.74. The van der Waals surface area contributed by atoms with Gasteiger partial charge >= 0.3 is 5.97 Å². The lowest BCUT2D eigenvalue weighted by atomic mass is 10.2. The van der Waals surface area contributed by atoms with Crippen molar-refractivity contribution in [2.24, 2.45) is 0 Å². The van der Waals surface area contributed by atoms with Gasteiger partial charge in [0.25, 0.3) is 5.91 Å². The van der Waals surface area contributed by atoms with Crippen molar-refractivity contribution < 1.29 is 14.3 Å². The second-order valence-corrected chi connectivity index (χ2v) is 5.37. The highest BCUT2D eigenvalue weighted by Crippen LogP contribution is 2.21. The van der Waals surface area contributed by atoms with Gasteiger partial charge in [0.1, 0.15) is 5.69 Å². The molecule has 1 aliphatic carbocycles. The fourth-order valence-electron chi connectivity index (χ4n) is 2.13. The number of benzene rings is 1. The van der Waals surface area contributed by atoms with Crippen molar-refractivity contribution >= 4 is 23.3 Å². The first-order chi connectivity index (χ1) is 11.2. The number of carbonyl (C=O) groups is 2. The number of amides is 1. The van der Waals surface area contributed by atoms with Crippen molar-refractivity contribution in [3.63, 3.8) is 0 Å². The van der Waals surface area contributed by atoms with Crippen LogP contribution in [0.3, 0.4) is 0 Å². The molecule has 0 unspecified atom stereocenters. The fraction of sp³-hybridized carbons (Fsp3) is 0.235. The number of ether oxygens (including phenoxy) is 1. The molecule has 1 aliphatic rings. The van der Waals surface area contributed by atoms with Gasteiger partial charge < -0.3 is 15.4 Å². The van der Waals surface area contributed by atoms with E-state index < -0.39 is 5.97 Å². The minimum atomic E-state index is -0.395. The molecule has 3 rings (SSSR count). The molecule has 6 nitrogen and oxygen atoms in total. The summed E-state index contributed by atoms with van der Waals surface area (Å²) >= 11 is 0. The first-order valence-electron chi connectivity index (χ1n) is 7.38. The Bertz CT molecular complexity index is 741. The quantitative estimate of drug-likeness (QED) is 0.829. The van der Waals surface area contributed by atoms with Crippen LogP contribution in [-0.4, -0.2) is 30.0 Å². The van der Waals surface area contributed by atoms with Gasteiger partial charge in [0.05, 0.1) is 12.7 Å². The van der Waals surface area contributed by atoms with Gasteiger partial charge in [-0.2, -0.15) is 0 Å². The Morgan fingerprint density at radius 3 is 2.70 bits per heavy atom. The number of nitrogens with zero attached hydrogens (tertiary/aromatic N) is 1. The average Bonchev–Trinajstić information content (AvgIpc) is 3.38. The standard InChI is InChI=1S/C17H17N3O3/c1-23-17(22)11-3-2-4-13(9-11)19-14-7-8-18-15(10-14)16(21)20-12-5-6-12/h2-4,7-10,12H,5-6H2,1H3,(H,18,19)(H,20,21). The molecule has 2 aromatic rings. The number of methoxy groups -OCH3 is 1. The van der Waals surface area contributed by atoms with Crippen LogP contribution in [0.1, 0.15) is 33.7 Å². The molecule has 1 fully saturated rings. The van der Waals surface area contributed by atoms with Crippen molar-refractivity contribution in [1.82, 2.24) is 10.3 Å². The lowest BCUT2D eigenvalue weighted by Crippen LogP contribution is -2.26. The third-order valence-corrected chi connectivity index (χ3v) is 3.48. The number of hydrogen-bond acceptors (Lipinski definition) is 5. The summed E-state index contributed by atoms with van der Waals surface area (Å²) in [6, 6.07) is 10.7. The van der Waals surface area contributed by atoms with Gasteiger partial charge in [-0.05, 0) is 43.2 Å². The molecule has 0 spiro atoms. The van der Waals surface area contributed by atoms with Gasteiger partial charge in [0, 0.05) is 23.6 Å². The molecule has 1 aromatic heterocycles. The van der Waals surface area contributed by atoms with Crippen LogP contribution < -0.4 is 10.6 Å². The number of hydrogen-bond donors (Lipinski definition) is 2. The number of esters is 1. The van der Waals surface area contributed by atoms with Crippen molar-refractivity contribution in [2.75, 3.05) is 12.4 Å². The summed E-state index contributed by atoms with van der Waals surface area (Å²) in [5, 5.41) is 6.06. The van der Waals surface area contributed by atoms with Gasteiger partial charge in [0.15, 0.2) is 0 Å². The number of pyridine rings is 1. The molecule has 118 valence electrons. The summed E-state index contributed by atoms with van der Waals surface area (Å²) in [5.41, 5.74) is 2.28. The summed E-state index contributed by atoms with van der Waals surface area (Å²) in [6.07, 6.45) is 3.64. The van der Waals surface area contributed by atoms with E-state index in [0.717, 1.165) is 24.2 Å². The molecular weight excluding hydrogens is 294 g/mol. The molecule has 0 saturated heterocycles. The normalized spacial score (nSPS) is 13.3. The molecule has 1 saturated carbocycles. The maximum absolute atomic E-state index is 12.0. The summed E-state index contributed by atoms with van der Waals surface area (Å²) in [6.45, 7) is 0. The van der Waals surface area contributed by atoms with E-state index in [1.807, 2.05) is 6.07 Å². The highest BCUT2D eigenvalue weighted by molar-refractivity contribution is 5.94. The lowest BCUT2D eigenvalue weighted by Gasteiger charge is -2.09. The van der Waals surface area contributed by atoms with Crippen LogP contribution in [-0.2, 0) is 4.74 Å². The average molecular weight is 311 g/mol. The summed E-state index contributed by atoms with van der Waals surface area (Å²) in [5.74, 6) is -0.563. The number of rotatable bonds is 5. The van der Waals surface area contributed by atoms with Crippen molar-refractivity contribution in [3.8, 4) is 0 Å². The third kappa shape index (κ3) is 3.85. The zero-order valence-electron chi connectivity index (χ0n) is 12.7. The van der Waals surface area contributed by atoms with Crippen LogP contribution in [0, 0.1) is 0 Å². The molecule has 23 heavy (non-hydrogen) atoms. The molecule has 0 bridgehead atoms. The predicted molar refractivity (Wildman–Crippen MR) is 85.8 cm³/mol. The molecule has 1 heterocycles. The Hall–Kier alpha value is -2.89. The second-order valence-electron chi connectivity index (χ2n) is 5.37. The van der Waals surface area contributed by atoms with Crippen LogP contribution in [0.2, 0.25) is 0 Å². The molecule has 2 N–H and O–H groups in total. The zero-order valence-corrected chi connectivity index (χ0v) is 12.7. The Labute approximate surface area is 133 Å². The van der Waals surface area contributed by atoms with E-state index in [-0.39, 0.29) is 11.9 Å². The van der Waals surface area contributed by atoms with E-state index in [4.69, 9.17) is 4.74 Å². The SMILES string of the molecule is COC(=O)c1cccc(Nc2ccnc(C(=O)NC3CC3)c2)c1. The number of aromatic nitrogens is 1. The highest BCUT2D eigenvalue weighted by Gasteiger charge is 2.24. The van der Waals surface area contributed by atoms with Gasteiger partial charge in [-0.1, -0.05) is 6.07 Å². The molecular formula is C17H17N3O3. The minimum Gasteiger partial charge on any atom is -0.465 e. The van der Waals surface area contributed by atoms with Crippen molar-refractivity contribution in [2.45, 2.75) is 18.9 Å². The predicted octanol–water partition coefficient (Wildman–Crippen LogP) is 2.50. The molecule has 0 radical (unpaired) electrons. The van der Waals surface area contributed by atoms with E-state index >= 15 is 0 Å². The van der Waals surface area contributed by atoms with E-state index in [1.54, 1.807) is 36.5 Å². The Kier molecular flexibility index (Phi) is 4.23. The molecule has 0 atom stereocenters. The number of carbonyl (C=O) groups excluding carboxylic acids is 2. The lowest BCUT2D eigenvalue weighted by molar-refractivity contribution is 0.0600. The zero-order chi connectivity index (χ0) is 16.2. The maximum atomic E-state index is 12.0. The van der Waals surface area contributed by atoms with Crippen LogP contribution in [0.5, 0.6) is 0 Å².